The van der Waals surface area contributed by atoms with Crippen LogP contribution < -0.4 is 21.4 Å². The number of ether oxygens (including phenoxy) is 1. The van der Waals surface area contributed by atoms with Crippen molar-refractivity contribution in [2.24, 2.45) is 11.8 Å². The predicted molar refractivity (Wildman–Crippen MR) is 103 cm³/mol. The summed E-state index contributed by atoms with van der Waals surface area (Å²) in [4.78, 5) is 30.1. The fourth-order valence-corrected chi connectivity index (χ4v) is 3.43. The number of amides is 2. The number of carbonyl (C=O) groups excluding carboxylic acids is 2. The largest absolute Gasteiger partial charge is 0.447 e. The molecule has 2 fully saturated rings. The summed E-state index contributed by atoms with van der Waals surface area (Å²) in [6, 6.07) is 5.59. The topological polar surface area (TPSA) is 121 Å². The molecule has 1 saturated heterocycles. The van der Waals surface area contributed by atoms with Gasteiger partial charge in [0.05, 0.1) is 23.9 Å². The minimum absolute atomic E-state index is 0.0909. The summed E-state index contributed by atoms with van der Waals surface area (Å²) in [6.45, 7) is 2.24. The molecule has 2 aromatic rings. The molecule has 2 aliphatic rings. The molecule has 1 unspecified atom stereocenters. The minimum Gasteiger partial charge on any atom is -0.447 e. The van der Waals surface area contributed by atoms with Crippen molar-refractivity contribution in [1.82, 2.24) is 4.98 Å². The highest BCUT2D eigenvalue weighted by Crippen LogP contribution is 2.38. The van der Waals surface area contributed by atoms with Crippen LogP contribution in [0.25, 0.3) is 10.8 Å². The average Bonchev–Trinajstić information content (AvgIpc) is 3.37. The van der Waals surface area contributed by atoms with Crippen LogP contribution in [-0.4, -0.2) is 37.5 Å². The third-order valence-electron chi connectivity index (χ3n) is 5.20. The van der Waals surface area contributed by atoms with Crippen molar-refractivity contribution in [2.75, 3.05) is 22.6 Å². The number of nitriles is 1. The number of hydrogen-bond acceptors (Lipinski definition) is 6. The quantitative estimate of drug-likeness (QED) is 0.606. The van der Waals surface area contributed by atoms with Gasteiger partial charge in [0.2, 0.25) is 5.91 Å². The van der Waals surface area contributed by atoms with E-state index in [1.165, 1.54) is 0 Å². The summed E-state index contributed by atoms with van der Waals surface area (Å²) >= 11 is 0. The van der Waals surface area contributed by atoms with E-state index in [2.05, 4.69) is 16.4 Å². The molecule has 0 radical (unpaired) electrons. The lowest BCUT2D eigenvalue weighted by atomic mass is 9.88. The fourth-order valence-electron chi connectivity index (χ4n) is 3.43. The molecule has 3 atom stereocenters. The number of aromatic nitrogens is 1. The lowest BCUT2D eigenvalue weighted by Crippen LogP contribution is -2.35. The van der Waals surface area contributed by atoms with Crippen LogP contribution in [0.15, 0.2) is 18.3 Å². The maximum atomic E-state index is 12.2. The summed E-state index contributed by atoms with van der Waals surface area (Å²) < 4.78 is 5.12. The molecule has 1 aliphatic heterocycles. The number of pyridine rings is 1. The number of rotatable bonds is 3. The van der Waals surface area contributed by atoms with Gasteiger partial charge in [-0.25, -0.2) is 9.78 Å². The predicted octanol–water partition coefficient (Wildman–Crippen LogP) is 0.519. The van der Waals surface area contributed by atoms with Crippen molar-refractivity contribution in [3.63, 3.8) is 0 Å². The van der Waals surface area contributed by atoms with Gasteiger partial charge in [-0.2, -0.15) is 5.26 Å². The van der Waals surface area contributed by atoms with Gasteiger partial charge in [0, 0.05) is 23.0 Å². The zero-order valence-corrected chi connectivity index (χ0v) is 15.0. The summed E-state index contributed by atoms with van der Waals surface area (Å²) in [6.07, 6.45) is 1.79. The molecule has 1 saturated carbocycles. The van der Waals surface area contributed by atoms with Crippen molar-refractivity contribution in [1.29, 1.82) is 5.26 Å². The maximum absolute atomic E-state index is 12.2. The van der Waals surface area contributed by atoms with E-state index in [-0.39, 0.29) is 23.8 Å². The molecule has 9 heteroatoms. The molecule has 0 spiro atoms. The third kappa shape index (κ3) is 2.83. The van der Waals surface area contributed by atoms with Crippen LogP contribution in [-0.2, 0) is 9.53 Å². The van der Waals surface area contributed by atoms with Crippen LogP contribution in [0.1, 0.15) is 13.3 Å². The Morgan fingerprint density at radius 2 is 2.30 bits per heavy atom. The summed E-state index contributed by atoms with van der Waals surface area (Å²) in [5.41, 5.74) is 8.28. The van der Waals surface area contributed by atoms with Gasteiger partial charge in [0.1, 0.15) is 20.3 Å². The van der Waals surface area contributed by atoms with Gasteiger partial charge >= 0.3 is 6.09 Å². The van der Waals surface area contributed by atoms with Crippen LogP contribution in [0.5, 0.6) is 0 Å². The fraction of sp³-hybridized carbons (Fsp3) is 0.333. The molecule has 1 aromatic carbocycles. The zero-order chi connectivity index (χ0) is 19.3. The standard InChI is InChI=1S/C18H18BN5O3/c1-8-7-27-18(26)24(8)13-3-9-4-14(22-6-12(9)16(21)15(13)19)23-17(25)11-2-10(11)5-20/h3-4,6,8,10-11H,2,7,19,21H2,1H3,(H,22,23,25)/t8-,10?,11-/m0/s1. The van der Waals surface area contributed by atoms with Crippen molar-refractivity contribution < 1.29 is 14.3 Å². The second-order valence-electron chi connectivity index (χ2n) is 7.09. The second-order valence-corrected chi connectivity index (χ2v) is 7.09. The van der Waals surface area contributed by atoms with Gasteiger partial charge in [0.15, 0.2) is 0 Å². The van der Waals surface area contributed by atoms with Crippen molar-refractivity contribution >= 4 is 53.3 Å². The maximum Gasteiger partial charge on any atom is 0.414 e. The lowest BCUT2D eigenvalue weighted by Gasteiger charge is -2.22. The highest BCUT2D eigenvalue weighted by atomic mass is 16.6. The Morgan fingerprint density at radius 1 is 1.52 bits per heavy atom. The van der Waals surface area contributed by atoms with Gasteiger partial charge in [-0.05, 0) is 36.3 Å². The summed E-state index contributed by atoms with van der Waals surface area (Å²) in [7, 11) is 1.85. The molecule has 1 aliphatic carbocycles. The van der Waals surface area contributed by atoms with Crippen molar-refractivity contribution in [3.05, 3.63) is 18.3 Å². The Hall–Kier alpha value is -3.28. The molecule has 0 bridgehead atoms. The molecule has 2 amide bonds. The number of nitrogens with one attached hydrogen (secondary N) is 1. The van der Waals surface area contributed by atoms with Crippen LogP contribution in [0.2, 0.25) is 0 Å². The van der Waals surface area contributed by atoms with E-state index < -0.39 is 6.09 Å². The summed E-state index contributed by atoms with van der Waals surface area (Å²) in [5, 5.41) is 13.1. The Kier molecular flexibility index (Phi) is 3.91. The molecule has 3 N–H and O–H groups in total. The van der Waals surface area contributed by atoms with Crippen LogP contribution >= 0.6 is 0 Å². The van der Waals surface area contributed by atoms with Gasteiger partial charge < -0.3 is 15.8 Å². The van der Waals surface area contributed by atoms with Crippen molar-refractivity contribution in [3.8, 4) is 6.07 Å². The number of hydrogen-bond donors (Lipinski definition) is 2. The molecule has 1 aromatic heterocycles. The highest BCUT2D eigenvalue weighted by Gasteiger charge is 2.43. The highest BCUT2D eigenvalue weighted by molar-refractivity contribution is 6.42. The number of nitrogens with two attached hydrogens (primary N) is 1. The number of nitrogens with zero attached hydrogens (tertiary/aromatic N) is 3. The molecule has 2 heterocycles. The normalized spacial score (nSPS) is 23.8. The SMILES string of the molecule is Bc1c(N2C(=O)OC[C@@H]2C)cc2cc(NC(=O)[C@H]3CC3C#N)ncc2c1N. The Labute approximate surface area is 156 Å². The Bertz CT molecular complexity index is 1020. The summed E-state index contributed by atoms with van der Waals surface area (Å²) in [5.74, 6) is -0.294. The number of cyclic esters (lactones) is 1. The minimum atomic E-state index is -0.400. The molecule has 27 heavy (non-hydrogen) atoms. The first-order valence-electron chi connectivity index (χ1n) is 8.76. The van der Waals surface area contributed by atoms with E-state index in [0.717, 1.165) is 16.2 Å². The van der Waals surface area contributed by atoms with Gasteiger partial charge in [0.25, 0.3) is 0 Å². The van der Waals surface area contributed by atoms with Crippen LogP contribution in [0, 0.1) is 23.2 Å². The average molecular weight is 363 g/mol. The Balaban J connectivity index is 1.70. The number of anilines is 3. The smallest absolute Gasteiger partial charge is 0.414 e. The molecule has 136 valence electrons. The van der Waals surface area contributed by atoms with E-state index in [1.807, 2.05) is 20.8 Å². The van der Waals surface area contributed by atoms with Crippen molar-refractivity contribution in [2.45, 2.75) is 19.4 Å². The number of fused-ring (bicyclic) bond motifs is 1. The van der Waals surface area contributed by atoms with Gasteiger partial charge in [-0.3, -0.25) is 9.69 Å². The molecular formula is C18H18BN5O3. The number of nitrogen functional groups attached to an aromatic ring is 1. The molecule has 8 nitrogen and oxygen atoms in total. The molecule has 4 rings (SSSR count). The van der Waals surface area contributed by atoms with E-state index in [4.69, 9.17) is 15.7 Å². The third-order valence-corrected chi connectivity index (χ3v) is 5.20. The number of carbonyl (C=O) groups is 2. The van der Waals surface area contributed by atoms with Crippen LogP contribution in [0.4, 0.5) is 22.0 Å². The molecular weight excluding hydrogens is 345 g/mol. The Morgan fingerprint density at radius 3 is 2.93 bits per heavy atom. The lowest BCUT2D eigenvalue weighted by molar-refractivity contribution is -0.117. The first-order chi connectivity index (χ1) is 12.9. The monoisotopic (exact) mass is 363 g/mol. The zero-order valence-electron chi connectivity index (χ0n) is 15.0. The van der Waals surface area contributed by atoms with E-state index in [1.54, 1.807) is 17.2 Å². The number of benzene rings is 1. The first-order valence-corrected chi connectivity index (χ1v) is 8.76. The van der Waals surface area contributed by atoms with E-state index in [9.17, 15) is 9.59 Å². The second kappa shape index (κ2) is 6.16. The first kappa shape index (κ1) is 17.2. The van der Waals surface area contributed by atoms with Gasteiger partial charge in [-0.15, -0.1) is 0 Å². The van der Waals surface area contributed by atoms with Gasteiger partial charge in [-0.1, -0.05) is 0 Å². The van der Waals surface area contributed by atoms with E-state index in [0.29, 0.717) is 30.2 Å². The van der Waals surface area contributed by atoms with E-state index >= 15 is 0 Å². The van der Waals surface area contributed by atoms with Crippen LogP contribution in [0.3, 0.4) is 0 Å².